The topological polar surface area (TPSA) is 42.0 Å². The van der Waals surface area contributed by atoms with Crippen LogP contribution in [0.15, 0.2) is 24.3 Å². The normalized spacial score (nSPS) is 25.5. The molecule has 6 heteroatoms. The molecule has 25 heavy (non-hydrogen) atoms. The maximum Gasteiger partial charge on any atom is 0.253 e. The zero-order valence-electron chi connectivity index (χ0n) is 14.5. The molecule has 0 saturated carbocycles. The highest BCUT2D eigenvalue weighted by Crippen LogP contribution is 2.34. The van der Waals surface area contributed by atoms with Gasteiger partial charge in [0.1, 0.15) is 12.4 Å². The minimum absolute atomic E-state index is 0.0518. The molecule has 5 nitrogen and oxygen atoms in total. The number of carbonyl (C=O) groups is 1. The molecule has 3 aliphatic heterocycles. The Morgan fingerprint density at radius 2 is 1.76 bits per heavy atom. The summed E-state index contributed by atoms with van der Waals surface area (Å²) in [6.07, 6.45) is 4.06. The van der Waals surface area contributed by atoms with E-state index in [1.165, 1.54) is 12.1 Å². The highest BCUT2D eigenvalue weighted by molar-refractivity contribution is 5.95. The van der Waals surface area contributed by atoms with E-state index in [1.54, 1.807) is 17.0 Å². The van der Waals surface area contributed by atoms with Crippen LogP contribution < -0.4 is 4.90 Å². The summed E-state index contributed by atoms with van der Waals surface area (Å²) in [5.41, 5.74) is 0.477. The first kappa shape index (κ1) is 16.9. The van der Waals surface area contributed by atoms with Crippen molar-refractivity contribution in [1.29, 1.82) is 0 Å². The molecule has 3 fully saturated rings. The molecule has 0 aromatic heterocycles. The predicted molar refractivity (Wildman–Crippen MR) is 92.1 cm³/mol. The van der Waals surface area contributed by atoms with Crippen molar-refractivity contribution in [3.63, 3.8) is 0 Å². The van der Waals surface area contributed by atoms with E-state index in [-0.39, 0.29) is 23.9 Å². The van der Waals surface area contributed by atoms with Crippen molar-refractivity contribution in [1.82, 2.24) is 4.90 Å². The fourth-order valence-electron chi connectivity index (χ4n) is 4.22. The molecular weight excluding hydrogens is 323 g/mol. The standard InChI is InChI=1S/C19H25FN2O3/c20-15-1-3-17(4-2-15)22-14-19(25-13-18(22)23)7-9-21(10-8-19)16-5-11-24-12-6-16/h1-4,16H,5-14H2. The summed E-state index contributed by atoms with van der Waals surface area (Å²) in [5, 5.41) is 0. The van der Waals surface area contributed by atoms with Gasteiger partial charge in [0.15, 0.2) is 0 Å². The molecule has 1 amide bonds. The number of amides is 1. The molecule has 136 valence electrons. The van der Waals surface area contributed by atoms with Crippen LogP contribution in [0.4, 0.5) is 10.1 Å². The second kappa shape index (κ2) is 7.02. The van der Waals surface area contributed by atoms with Crippen molar-refractivity contribution in [3.8, 4) is 0 Å². The molecule has 0 unspecified atom stereocenters. The molecule has 3 aliphatic rings. The largest absolute Gasteiger partial charge is 0.381 e. The van der Waals surface area contributed by atoms with Crippen LogP contribution in [0.25, 0.3) is 0 Å². The molecule has 1 aromatic carbocycles. The van der Waals surface area contributed by atoms with Gasteiger partial charge < -0.3 is 14.4 Å². The van der Waals surface area contributed by atoms with Crippen LogP contribution in [0.2, 0.25) is 0 Å². The van der Waals surface area contributed by atoms with Gasteiger partial charge in [0, 0.05) is 38.0 Å². The maximum absolute atomic E-state index is 13.2. The van der Waals surface area contributed by atoms with Gasteiger partial charge in [-0.3, -0.25) is 9.69 Å². The molecule has 0 atom stereocenters. The van der Waals surface area contributed by atoms with Gasteiger partial charge in [-0.05, 0) is 49.9 Å². The Hall–Kier alpha value is -1.50. The van der Waals surface area contributed by atoms with Gasteiger partial charge in [0.05, 0.1) is 12.1 Å². The fourth-order valence-corrected chi connectivity index (χ4v) is 4.22. The van der Waals surface area contributed by atoms with Gasteiger partial charge in [0.25, 0.3) is 5.91 Å². The SMILES string of the molecule is O=C1COC2(CCN(C3CCOCC3)CC2)CN1c1ccc(F)cc1. The van der Waals surface area contributed by atoms with Crippen LogP contribution in [0.5, 0.6) is 0 Å². The number of rotatable bonds is 2. The highest BCUT2D eigenvalue weighted by atomic mass is 19.1. The van der Waals surface area contributed by atoms with Crippen molar-refractivity contribution < 1.29 is 18.7 Å². The number of morpholine rings is 1. The van der Waals surface area contributed by atoms with Crippen LogP contribution >= 0.6 is 0 Å². The number of benzene rings is 1. The van der Waals surface area contributed by atoms with Crippen molar-refractivity contribution >= 4 is 11.6 Å². The summed E-state index contributed by atoms with van der Waals surface area (Å²) in [6.45, 7) is 4.37. The lowest BCUT2D eigenvalue weighted by atomic mass is 9.87. The first-order valence-corrected chi connectivity index (χ1v) is 9.17. The van der Waals surface area contributed by atoms with Gasteiger partial charge in [-0.15, -0.1) is 0 Å². The Morgan fingerprint density at radius 3 is 2.44 bits per heavy atom. The highest BCUT2D eigenvalue weighted by Gasteiger charge is 2.43. The van der Waals surface area contributed by atoms with E-state index in [9.17, 15) is 9.18 Å². The summed E-state index contributed by atoms with van der Waals surface area (Å²) in [4.78, 5) is 16.6. The molecule has 1 spiro atoms. The minimum atomic E-state index is -0.288. The van der Waals surface area contributed by atoms with Gasteiger partial charge in [-0.1, -0.05) is 0 Å². The lowest BCUT2D eigenvalue weighted by molar-refractivity contribution is -0.146. The summed E-state index contributed by atoms with van der Waals surface area (Å²) in [6, 6.07) is 6.76. The van der Waals surface area contributed by atoms with E-state index in [4.69, 9.17) is 9.47 Å². The van der Waals surface area contributed by atoms with E-state index in [0.29, 0.717) is 12.6 Å². The lowest BCUT2D eigenvalue weighted by Crippen LogP contribution is -2.60. The van der Waals surface area contributed by atoms with Crippen LogP contribution in [-0.4, -0.2) is 61.9 Å². The zero-order valence-corrected chi connectivity index (χ0v) is 14.5. The van der Waals surface area contributed by atoms with E-state index in [0.717, 1.165) is 57.7 Å². The molecule has 3 saturated heterocycles. The fraction of sp³-hybridized carbons (Fsp3) is 0.632. The Labute approximate surface area is 147 Å². The smallest absolute Gasteiger partial charge is 0.253 e. The average molecular weight is 348 g/mol. The lowest BCUT2D eigenvalue weighted by Gasteiger charge is -2.48. The third kappa shape index (κ3) is 3.57. The molecule has 1 aromatic rings. The number of hydrogen-bond acceptors (Lipinski definition) is 4. The number of anilines is 1. The van der Waals surface area contributed by atoms with Gasteiger partial charge in [-0.2, -0.15) is 0 Å². The summed E-state index contributed by atoms with van der Waals surface area (Å²) < 4.78 is 24.7. The quantitative estimate of drug-likeness (QED) is 0.822. The second-order valence-corrected chi connectivity index (χ2v) is 7.31. The van der Waals surface area contributed by atoms with Crippen LogP contribution in [0.3, 0.4) is 0 Å². The molecule has 0 aliphatic carbocycles. The average Bonchev–Trinajstić information content (AvgIpc) is 2.66. The summed E-state index contributed by atoms with van der Waals surface area (Å²) in [5.74, 6) is -0.340. The Bertz CT molecular complexity index is 608. The maximum atomic E-state index is 13.2. The third-order valence-corrected chi connectivity index (χ3v) is 5.80. The number of ether oxygens (including phenoxy) is 2. The van der Waals surface area contributed by atoms with Crippen LogP contribution in [0.1, 0.15) is 25.7 Å². The van der Waals surface area contributed by atoms with Gasteiger partial charge >= 0.3 is 0 Å². The van der Waals surface area contributed by atoms with Gasteiger partial charge in [-0.25, -0.2) is 4.39 Å². The Morgan fingerprint density at radius 1 is 1.08 bits per heavy atom. The number of likely N-dealkylation sites (tertiary alicyclic amines) is 1. The number of nitrogens with zero attached hydrogens (tertiary/aromatic N) is 2. The summed E-state index contributed by atoms with van der Waals surface area (Å²) >= 11 is 0. The predicted octanol–water partition coefficient (Wildman–Crippen LogP) is 2.20. The zero-order chi connectivity index (χ0) is 17.3. The van der Waals surface area contributed by atoms with E-state index in [2.05, 4.69) is 4.90 Å². The Balaban J connectivity index is 1.42. The van der Waals surface area contributed by atoms with Gasteiger partial charge in [0.2, 0.25) is 0 Å². The summed E-state index contributed by atoms with van der Waals surface area (Å²) in [7, 11) is 0. The first-order valence-electron chi connectivity index (χ1n) is 9.17. The van der Waals surface area contributed by atoms with Crippen molar-refractivity contribution in [2.45, 2.75) is 37.3 Å². The third-order valence-electron chi connectivity index (χ3n) is 5.80. The van der Waals surface area contributed by atoms with Crippen LogP contribution in [-0.2, 0) is 14.3 Å². The van der Waals surface area contributed by atoms with E-state index in [1.807, 2.05) is 0 Å². The van der Waals surface area contributed by atoms with Crippen molar-refractivity contribution in [3.05, 3.63) is 30.1 Å². The molecule has 4 rings (SSSR count). The Kier molecular flexibility index (Phi) is 4.75. The molecule has 0 N–H and O–H groups in total. The van der Waals surface area contributed by atoms with E-state index >= 15 is 0 Å². The molecule has 0 bridgehead atoms. The number of halogens is 1. The number of carbonyl (C=O) groups excluding carboxylic acids is 1. The number of piperidine rings is 1. The van der Waals surface area contributed by atoms with Crippen LogP contribution in [0, 0.1) is 5.82 Å². The van der Waals surface area contributed by atoms with Crippen molar-refractivity contribution in [2.24, 2.45) is 0 Å². The second-order valence-electron chi connectivity index (χ2n) is 7.31. The molecule has 3 heterocycles. The minimum Gasteiger partial charge on any atom is -0.381 e. The first-order chi connectivity index (χ1) is 12.2. The molecular formula is C19H25FN2O3. The monoisotopic (exact) mass is 348 g/mol. The van der Waals surface area contributed by atoms with E-state index < -0.39 is 0 Å². The van der Waals surface area contributed by atoms with Crippen molar-refractivity contribution in [2.75, 3.05) is 44.4 Å². The molecule has 0 radical (unpaired) electrons. The number of hydrogen-bond donors (Lipinski definition) is 0.